The fraction of sp³-hybridized carbons (Fsp3) is 0.583. The molecule has 0 aliphatic heterocycles. The molecule has 4 nitrogen and oxygen atoms in total. The lowest BCUT2D eigenvalue weighted by Crippen LogP contribution is -2.45. The van der Waals surface area contributed by atoms with Gasteiger partial charge in [0.05, 0.1) is 17.7 Å². The van der Waals surface area contributed by atoms with Crippen LogP contribution in [0.1, 0.15) is 41.7 Å². The molecule has 2 unspecified atom stereocenters. The Morgan fingerprint density at radius 3 is 2.88 bits per heavy atom. The minimum Gasteiger partial charge on any atom is -0.391 e. The molecule has 0 spiro atoms. The second kappa shape index (κ2) is 4.70. The summed E-state index contributed by atoms with van der Waals surface area (Å²) in [4.78, 5) is 14.9. The Morgan fingerprint density at radius 2 is 2.25 bits per heavy atom. The minimum atomic E-state index is -0.392. The van der Waals surface area contributed by atoms with E-state index in [0.29, 0.717) is 5.56 Å². The van der Waals surface area contributed by atoms with E-state index < -0.39 is 6.10 Å². The van der Waals surface area contributed by atoms with E-state index in [2.05, 4.69) is 10.3 Å². The zero-order chi connectivity index (χ0) is 11.5. The van der Waals surface area contributed by atoms with Crippen molar-refractivity contribution < 1.29 is 9.90 Å². The number of aromatic nitrogens is 1. The number of nitrogens with one attached hydrogen (secondary N) is 2. The van der Waals surface area contributed by atoms with Gasteiger partial charge in [0.1, 0.15) is 0 Å². The third-order valence-corrected chi connectivity index (χ3v) is 3.24. The van der Waals surface area contributed by atoms with Crippen molar-refractivity contribution in [2.24, 2.45) is 0 Å². The molecule has 0 bridgehead atoms. The SMILES string of the molecule is Cc1[nH]ccc1C(=O)NC1CCCCC1O. The van der Waals surface area contributed by atoms with Crippen LogP contribution in [0.5, 0.6) is 0 Å². The van der Waals surface area contributed by atoms with Gasteiger partial charge >= 0.3 is 0 Å². The van der Waals surface area contributed by atoms with Crippen molar-refractivity contribution in [2.75, 3.05) is 0 Å². The van der Waals surface area contributed by atoms with Crippen molar-refractivity contribution >= 4 is 5.91 Å². The molecule has 1 aliphatic carbocycles. The molecule has 1 aliphatic rings. The van der Waals surface area contributed by atoms with Gasteiger partial charge in [-0.1, -0.05) is 12.8 Å². The minimum absolute atomic E-state index is 0.0875. The largest absolute Gasteiger partial charge is 0.391 e. The van der Waals surface area contributed by atoms with Crippen LogP contribution in [0.15, 0.2) is 12.3 Å². The van der Waals surface area contributed by atoms with Crippen LogP contribution in [-0.4, -0.2) is 28.1 Å². The zero-order valence-electron chi connectivity index (χ0n) is 9.49. The number of aliphatic hydroxyl groups is 1. The maximum Gasteiger partial charge on any atom is 0.253 e. The first-order valence-corrected chi connectivity index (χ1v) is 5.81. The highest BCUT2D eigenvalue weighted by molar-refractivity contribution is 5.95. The lowest BCUT2D eigenvalue weighted by molar-refractivity contribution is 0.0717. The van der Waals surface area contributed by atoms with E-state index in [9.17, 15) is 9.90 Å². The molecular formula is C12H18N2O2. The summed E-state index contributed by atoms with van der Waals surface area (Å²) in [6.07, 6.45) is 5.15. The summed E-state index contributed by atoms with van der Waals surface area (Å²) in [6.45, 7) is 1.87. The number of rotatable bonds is 2. The number of H-pyrrole nitrogens is 1. The molecule has 3 N–H and O–H groups in total. The normalized spacial score (nSPS) is 25.4. The fourth-order valence-electron chi connectivity index (χ4n) is 2.22. The van der Waals surface area contributed by atoms with Crippen molar-refractivity contribution in [2.45, 2.75) is 44.8 Å². The molecule has 2 rings (SSSR count). The van der Waals surface area contributed by atoms with Gasteiger partial charge in [-0.2, -0.15) is 0 Å². The Bertz CT molecular complexity index is 373. The molecule has 2 atom stereocenters. The average molecular weight is 222 g/mol. The van der Waals surface area contributed by atoms with Crippen LogP contribution in [0.25, 0.3) is 0 Å². The Morgan fingerprint density at radius 1 is 1.50 bits per heavy atom. The third-order valence-electron chi connectivity index (χ3n) is 3.24. The van der Waals surface area contributed by atoms with Crippen LogP contribution < -0.4 is 5.32 Å². The maximum absolute atomic E-state index is 11.9. The average Bonchev–Trinajstić information content (AvgIpc) is 2.68. The maximum atomic E-state index is 11.9. The Kier molecular flexibility index (Phi) is 3.29. The Labute approximate surface area is 95.1 Å². The van der Waals surface area contributed by atoms with Crippen molar-refractivity contribution in [3.63, 3.8) is 0 Å². The number of hydrogen-bond acceptors (Lipinski definition) is 2. The Hall–Kier alpha value is -1.29. The summed E-state index contributed by atoms with van der Waals surface area (Å²) in [5.41, 5.74) is 1.53. The lowest BCUT2D eigenvalue weighted by Gasteiger charge is -2.28. The molecular weight excluding hydrogens is 204 g/mol. The highest BCUT2D eigenvalue weighted by Crippen LogP contribution is 2.19. The van der Waals surface area contributed by atoms with Gasteiger partial charge in [0.15, 0.2) is 0 Å². The first-order valence-electron chi connectivity index (χ1n) is 5.81. The number of aliphatic hydroxyl groups excluding tert-OH is 1. The van der Waals surface area contributed by atoms with Crippen LogP contribution in [-0.2, 0) is 0 Å². The zero-order valence-corrected chi connectivity index (χ0v) is 9.49. The van der Waals surface area contributed by atoms with E-state index in [4.69, 9.17) is 0 Å². The number of aromatic amines is 1. The van der Waals surface area contributed by atoms with Gasteiger partial charge in [-0.3, -0.25) is 4.79 Å². The standard InChI is InChI=1S/C12H18N2O2/c1-8-9(6-7-13-8)12(16)14-10-4-2-3-5-11(10)15/h6-7,10-11,13,15H,2-5H2,1H3,(H,14,16). The highest BCUT2D eigenvalue weighted by atomic mass is 16.3. The predicted molar refractivity (Wildman–Crippen MR) is 61.3 cm³/mol. The molecule has 4 heteroatoms. The summed E-state index contributed by atoms with van der Waals surface area (Å²) >= 11 is 0. The van der Waals surface area contributed by atoms with Crippen LogP contribution in [0.4, 0.5) is 0 Å². The van der Waals surface area contributed by atoms with Gasteiger partial charge in [-0.15, -0.1) is 0 Å². The smallest absolute Gasteiger partial charge is 0.253 e. The van der Waals surface area contributed by atoms with Gasteiger partial charge in [-0.25, -0.2) is 0 Å². The van der Waals surface area contributed by atoms with Gasteiger partial charge in [0, 0.05) is 11.9 Å². The van der Waals surface area contributed by atoms with Crippen molar-refractivity contribution in [1.82, 2.24) is 10.3 Å². The monoisotopic (exact) mass is 222 g/mol. The first-order chi connectivity index (χ1) is 7.68. The van der Waals surface area contributed by atoms with Crippen molar-refractivity contribution in [3.8, 4) is 0 Å². The molecule has 16 heavy (non-hydrogen) atoms. The van der Waals surface area contributed by atoms with Gasteiger partial charge in [0.2, 0.25) is 0 Å². The lowest BCUT2D eigenvalue weighted by atomic mass is 9.92. The van der Waals surface area contributed by atoms with E-state index >= 15 is 0 Å². The van der Waals surface area contributed by atoms with Gasteiger partial charge in [0.25, 0.3) is 5.91 Å². The van der Waals surface area contributed by atoms with Crippen LogP contribution >= 0.6 is 0 Å². The predicted octanol–water partition coefficient (Wildman–Crippen LogP) is 1.36. The van der Waals surface area contributed by atoms with E-state index in [1.165, 1.54) is 0 Å². The van der Waals surface area contributed by atoms with E-state index in [-0.39, 0.29) is 11.9 Å². The van der Waals surface area contributed by atoms with E-state index in [1.54, 1.807) is 12.3 Å². The number of carbonyl (C=O) groups is 1. The van der Waals surface area contributed by atoms with E-state index in [0.717, 1.165) is 31.4 Å². The van der Waals surface area contributed by atoms with Crippen molar-refractivity contribution in [1.29, 1.82) is 0 Å². The van der Waals surface area contributed by atoms with Crippen molar-refractivity contribution in [3.05, 3.63) is 23.5 Å². The molecule has 1 fully saturated rings. The number of aryl methyl sites for hydroxylation is 1. The Balaban J connectivity index is 1.99. The van der Waals surface area contributed by atoms with Crippen LogP contribution in [0.3, 0.4) is 0 Å². The summed E-state index contributed by atoms with van der Waals surface area (Å²) < 4.78 is 0. The summed E-state index contributed by atoms with van der Waals surface area (Å²) in [5.74, 6) is -0.0929. The second-order valence-corrected chi connectivity index (χ2v) is 4.45. The molecule has 1 saturated carbocycles. The summed E-state index contributed by atoms with van der Waals surface area (Å²) in [6, 6.07) is 1.68. The molecule has 0 aromatic carbocycles. The summed E-state index contributed by atoms with van der Waals surface area (Å²) in [5, 5.41) is 12.7. The first kappa shape index (κ1) is 11.2. The topological polar surface area (TPSA) is 65.1 Å². The number of amides is 1. The molecule has 0 saturated heterocycles. The fourth-order valence-corrected chi connectivity index (χ4v) is 2.22. The second-order valence-electron chi connectivity index (χ2n) is 4.45. The van der Waals surface area contributed by atoms with Crippen LogP contribution in [0, 0.1) is 6.92 Å². The molecule has 1 heterocycles. The highest BCUT2D eigenvalue weighted by Gasteiger charge is 2.25. The number of hydrogen-bond donors (Lipinski definition) is 3. The van der Waals surface area contributed by atoms with Gasteiger partial charge < -0.3 is 15.4 Å². The molecule has 1 aromatic rings. The molecule has 1 aromatic heterocycles. The quantitative estimate of drug-likeness (QED) is 0.707. The third kappa shape index (κ3) is 2.27. The molecule has 88 valence electrons. The molecule has 1 amide bonds. The summed E-state index contributed by atoms with van der Waals surface area (Å²) in [7, 11) is 0. The number of carbonyl (C=O) groups excluding carboxylic acids is 1. The van der Waals surface area contributed by atoms with Gasteiger partial charge in [-0.05, 0) is 25.8 Å². The molecule has 0 radical (unpaired) electrons. The van der Waals surface area contributed by atoms with Crippen LogP contribution in [0.2, 0.25) is 0 Å². The van der Waals surface area contributed by atoms with E-state index in [1.807, 2.05) is 6.92 Å².